The van der Waals surface area contributed by atoms with Crippen LogP contribution in [0, 0.1) is 6.92 Å². The number of nitrogens with zero attached hydrogens (tertiary/aromatic N) is 3. The van der Waals surface area contributed by atoms with Crippen molar-refractivity contribution in [2.75, 3.05) is 18.5 Å². The monoisotopic (exact) mass is 450 g/mol. The summed E-state index contributed by atoms with van der Waals surface area (Å²) in [6.07, 6.45) is -1.84. The molecule has 1 saturated heterocycles. The molecular weight excluding hydrogens is 433 g/mol. The standard InChI is InChI=1S/C19H17F3N6O2S/c1-10-4-11(13-7-25-15(31-13)18(8-30-9-18)28-16(23)29)6-12(5-10)26-17-24-3-2-14(27-17)19(20,21)22/h2-7H,8-9H2,1H3,(H3,23,28,29)(H,24,26,27). The number of halogens is 3. The number of nitrogens with one attached hydrogen (secondary N) is 2. The largest absolute Gasteiger partial charge is 0.433 e. The highest BCUT2D eigenvalue weighted by Crippen LogP contribution is 2.37. The third-order valence-electron chi connectivity index (χ3n) is 4.54. The SMILES string of the molecule is Cc1cc(Nc2nccc(C(F)(F)F)n2)cc(-c2cnc(C3(NC(N)=O)COC3)s2)c1. The van der Waals surface area contributed by atoms with Gasteiger partial charge in [-0.2, -0.15) is 13.2 Å². The minimum atomic E-state index is -4.56. The Morgan fingerprint density at radius 2 is 2.03 bits per heavy atom. The first-order valence-corrected chi connectivity index (χ1v) is 9.87. The Kier molecular flexibility index (Phi) is 5.27. The number of carbonyl (C=O) groups is 1. The minimum absolute atomic E-state index is 0.160. The number of primary amides is 1. The summed E-state index contributed by atoms with van der Waals surface area (Å²) in [5, 5.41) is 6.17. The van der Waals surface area contributed by atoms with Gasteiger partial charge in [-0.15, -0.1) is 11.3 Å². The molecule has 1 aliphatic rings. The van der Waals surface area contributed by atoms with Gasteiger partial charge in [0.25, 0.3) is 0 Å². The highest BCUT2D eigenvalue weighted by Gasteiger charge is 2.44. The van der Waals surface area contributed by atoms with Gasteiger partial charge >= 0.3 is 12.2 Å². The van der Waals surface area contributed by atoms with Crippen molar-refractivity contribution in [1.29, 1.82) is 0 Å². The van der Waals surface area contributed by atoms with Crippen molar-refractivity contribution in [3.05, 3.63) is 52.9 Å². The van der Waals surface area contributed by atoms with E-state index in [4.69, 9.17) is 10.5 Å². The van der Waals surface area contributed by atoms with Crippen LogP contribution in [0.1, 0.15) is 16.3 Å². The Morgan fingerprint density at radius 3 is 2.68 bits per heavy atom. The van der Waals surface area contributed by atoms with Gasteiger partial charge in [0.05, 0.1) is 18.1 Å². The van der Waals surface area contributed by atoms with Crippen LogP contribution in [0.25, 0.3) is 10.4 Å². The van der Waals surface area contributed by atoms with Crippen LogP contribution in [0.5, 0.6) is 0 Å². The number of urea groups is 1. The van der Waals surface area contributed by atoms with Crippen LogP contribution < -0.4 is 16.4 Å². The predicted octanol–water partition coefficient (Wildman–Crippen LogP) is 3.56. The van der Waals surface area contributed by atoms with Crippen molar-refractivity contribution in [3.63, 3.8) is 0 Å². The third-order valence-corrected chi connectivity index (χ3v) is 5.79. The fourth-order valence-corrected chi connectivity index (χ4v) is 4.14. The molecule has 0 bridgehead atoms. The lowest BCUT2D eigenvalue weighted by Crippen LogP contribution is -2.60. The lowest BCUT2D eigenvalue weighted by atomic mass is 9.99. The molecule has 1 aromatic carbocycles. The summed E-state index contributed by atoms with van der Waals surface area (Å²) in [5.74, 6) is -0.160. The van der Waals surface area contributed by atoms with E-state index in [9.17, 15) is 18.0 Å². The Bertz CT molecular complexity index is 1130. The van der Waals surface area contributed by atoms with Gasteiger partial charge in [-0.25, -0.2) is 19.7 Å². The van der Waals surface area contributed by atoms with E-state index in [-0.39, 0.29) is 19.2 Å². The second kappa shape index (κ2) is 7.78. The highest BCUT2D eigenvalue weighted by molar-refractivity contribution is 7.15. The van der Waals surface area contributed by atoms with E-state index in [1.54, 1.807) is 18.3 Å². The van der Waals surface area contributed by atoms with Gasteiger partial charge in [-0.1, -0.05) is 6.07 Å². The maximum Gasteiger partial charge on any atom is 0.433 e. The number of amides is 2. The van der Waals surface area contributed by atoms with Crippen molar-refractivity contribution in [3.8, 4) is 10.4 Å². The molecule has 3 aromatic rings. The summed E-state index contributed by atoms with van der Waals surface area (Å²) in [6.45, 7) is 2.41. The molecule has 8 nitrogen and oxygen atoms in total. The number of hydrogen-bond donors (Lipinski definition) is 3. The lowest BCUT2D eigenvalue weighted by molar-refractivity contribution is -0.141. The molecule has 2 amide bonds. The topological polar surface area (TPSA) is 115 Å². The van der Waals surface area contributed by atoms with E-state index in [0.717, 1.165) is 28.3 Å². The number of carbonyl (C=O) groups excluding carboxylic acids is 1. The Labute approximate surface area is 178 Å². The molecule has 0 unspecified atom stereocenters. The molecule has 1 aliphatic heterocycles. The number of aryl methyl sites for hydroxylation is 1. The summed E-state index contributed by atoms with van der Waals surface area (Å²) >= 11 is 1.37. The molecule has 12 heteroatoms. The molecule has 0 saturated carbocycles. The number of alkyl halides is 3. The number of aromatic nitrogens is 3. The summed E-state index contributed by atoms with van der Waals surface area (Å²) in [5.41, 5.74) is 5.70. The number of nitrogens with two attached hydrogens (primary N) is 1. The van der Waals surface area contributed by atoms with Crippen molar-refractivity contribution in [2.45, 2.75) is 18.6 Å². The average Bonchev–Trinajstić information content (AvgIpc) is 3.14. The van der Waals surface area contributed by atoms with Crippen LogP contribution in [0.3, 0.4) is 0 Å². The van der Waals surface area contributed by atoms with Gasteiger partial charge in [-0.3, -0.25) is 0 Å². The lowest BCUT2D eigenvalue weighted by Gasteiger charge is -2.39. The number of thiazole rings is 1. The zero-order valence-electron chi connectivity index (χ0n) is 16.2. The first kappa shape index (κ1) is 21.0. The summed E-state index contributed by atoms with van der Waals surface area (Å²) in [4.78, 5) is 24.0. The molecule has 31 heavy (non-hydrogen) atoms. The molecule has 0 atom stereocenters. The molecule has 162 valence electrons. The molecule has 0 aliphatic carbocycles. The van der Waals surface area contributed by atoms with Crippen LogP contribution in [0.2, 0.25) is 0 Å². The molecule has 2 aromatic heterocycles. The van der Waals surface area contributed by atoms with Crippen molar-refractivity contribution in [1.82, 2.24) is 20.3 Å². The number of ether oxygens (including phenoxy) is 1. The van der Waals surface area contributed by atoms with E-state index >= 15 is 0 Å². The van der Waals surface area contributed by atoms with E-state index in [2.05, 4.69) is 25.6 Å². The van der Waals surface area contributed by atoms with Crippen LogP contribution in [0.15, 0.2) is 36.7 Å². The molecule has 4 N–H and O–H groups in total. The van der Waals surface area contributed by atoms with Crippen molar-refractivity contribution < 1.29 is 22.7 Å². The molecule has 3 heterocycles. The normalized spacial score (nSPS) is 15.2. The Morgan fingerprint density at radius 1 is 1.26 bits per heavy atom. The summed E-state index contributed by atoms with van der Waals surface area (Å²) < 4.78 is 43.9. The van der Waals surface area contributed by atoms with Gasteiger partial charge in [0.2, 0.25) is 5.95 Å². The second-order valence-electron chi connectivity index (χ2n) is 7.07. The smallest absolute Gasteiger partial charge is 0.375 e. The van der Waals surface area contributed by atoms with E-state index < -0.39 is 23.4 Å². The van der Waals surface area contributed by atoms with E-state index in [0.29, 0.717) is 10.7 Å². The zero-order chi connectivity index (χ0) is 22.2. The number of anilines is 2. The number of benzene rings is 1. The maximum absolute atomic E-state index is 12.9. The molecule has 0 radical (unpaired) electrons. The highest BCUT2D eigenvalue weighted by atomic mass is 32.1. The fraction of sp³-hybridized carbons (Fsp3) is 0.263. The zero-order valence-corrected chi connectivity index (χ0v) is 17.0. The number of hydrogen-bond acceptors (Lipinski definition) is 7. The quantitative estimate of drug-likeness (QED) is 0.548. The number of rotatable bonds is 5. The second-order valence-corrected chi connectivity index (χ2v) is 8.10. The average molecular weight is 450 g/mol. The van der Waals surface area contributed by atoms with Crippen molar-refractivity contribution >= 4 is 29.0 Å². The Balaban J connectivity index is 1.61. The molecule has 4 rings (SSSR count). The minimum Gasteiger partial charge on any atom is -0.375 e. The van der Waals surface area contributed by atoms with Gasteiger partial charge in [0.1, 0.15) is 16.2 Å². The van der Waals surface area contributed by atoms with E-state index in [1.807, 2.05) is 13.0 Å². The molecule has 1 fully saturated rings. The predicted molar refractivity (Wildman–Crippen MR) is 108 cm³/mol. The first-order valence-electron chi connectivity index (χ1n) is 9.06. The summed E-state index contributed by atoms with van der Waals surface area (Å²) in [6, 6.07) is 5.60. The maximum atomic E-state index is 12.9. The molecular formula is C19H17F3N6O2S. The van der Waals surface area contributed by atoms with E-state index in [1.165, 1.54) is 11.3 Å². The van der Waals surface area contributed by atoms with Gasteiger partial charge < -0.3 is 21.1 Å². The van der Waals surface area contributed by atoms with Crippen molar-refractivity contribution in [2.24, 2.45) is 5.73 Å². The van der Waals surface area contributed by atoms with Crippen LogP contribution >= 0.6 is 11.3 Å². The third kappa shape index (κ3) is 4.44. The van der Waals surface area contributed by atoms with Gasteiger partial charge in [0, 0.05) is 18.1 Å². The first-order chi connectivity index (χ1) is 14.6. The van der Waals surface area contributed by atoms with Gasteiger partial charge in [-0.05, 0) is 36.2 Å². The Hall–Kier alpha value is -3.25. The fourth-order valence-electron chi connectivity index (χ4n) is 3.12. The van der Waals surface area contributed by atoms with Crippen LogP contribution in [0.4, 0.5) is 29.6 Å². The van der Waals surface area contributed by atoms with Crippen LogP contribution in [-0.2, 0) is 16.5 Å². The van der Waals surface area contributed by atoms with Gasteiger partial charge in [0.15, 0.2) is 0 Å². The molecule has 0 spiro atoms. The van der Waals surface area contributed by atoms with Crippen LogP contribution in [-0.4, -0.2) is 34.2 Å². The summed E-state index contributed by atoms with van der Waals surface area (Å²) in [7, 11) is 0.